The lowest BCUT2D eigenvalue weighted by atomic mass is 10.1. The van der Waals surface area contributed by atoms with Gasteiger partial charge < -0.3 is 10.1 Å². The summed E-state index contributed by atoms with van der Waals surface area (Å²) in [5.41, 5.74) is 1.12. The minimum atomic E-state index is -0.529. The third kappa shape index (κ3) is 5.77. The molecule has 2 aromatic rings. The molecule has 0 spiro atoms. The second-order valence-corrected chi connectivity index (χ2v) is 6.01. The van der Waals surface area contributed by atoms with Crippen molar-refractivity contribution in [1.29, 1.82) is 0 Å². The molecule has 2 rings (SSSR count). The van der Waals surface area contributed by atoms with E-state index in [1.807, 2.05) is 31.2 Å². The molecule has 23 heavy (non-hydrogen) atoms. The molecule has 0 fully saturated rings. The number of rotatable bonds is 7. The molecular formula is C18H19Cl2NO2. The highest BCUT2D eigenvalue weighted by molar-refractivity contribution is 6.30. The van der Waals surface area contributed by atoms with Crippen molar-refractivity contribution >= 4 is 29.1 Å². The summed E-state index contributed by atoms with van der Waals surface area (Å²) in [6.07, 6.45) is 0.800. The van der Waals surface area contributed by atoms with Crippen LogP contribution in [0.3, 0.4) is 0 Å². The number of hydrogen-bond donors (Lipinski definition) is 1. The number of carbonyl (C=O) groups excluding carboxylic acids is 1. The Kier molecular flexibility index (Phi) is 6.75. The Bertz CT molecular complexity index is 644. The molecule has 0 aliphatic heterocycles. The smallest absolute Gasteiger partial charge is 0.261 e. The van der Waals surface area contributed by atoms with Crippen LogP contribution in [0, 0.1) is 0 Å². The zero-order chi connectivity index (χ0) is 16.7. The van der Waals surface area contributed by atoms with Gasteiger partial charge in [-0.15, -0.1) is 0 Å². The molecule has 0 saturated carbocycles. The maximum atomic E-state index is 12.2. The highest BCUT2D eigenvalue weighted by atomic mass is 35.5. The summed E-state index contributed by atoms with van der Waals surface area (Å²) in [5.74, 6) is 0.471. The van der Waals surface area contributed by atoms with Crippen LogP contribution in [-0.2, 0) is 11.2 Å². The Morgan fingerprint density at radius 3 is 2.52 bits per heavy atom. The van der Waals surface area contributed by atoms with Gasteiger partial charge in [0.25, 0.3) is 5.91 Å². The number of benzene rings is 2. The Morgan fingerprint density at radius 1 is 1.13 bits per heavy atom. The summed E-state index contributed by atoms with van der Waals surface area (Å²) in [4.78, 5) is 12.2. The van der Waals surface area contributed by atoms with Gasteiger partial charge in [-0.1, -0.05) is 48.3 Å². The van der Waals surface area contributed by atoms with Gasteiger partial charge >= 0.3 is 0 Å². The maximum Gasteiger partial charge on any atom is 0.261 e. The fraction of sp³-hybridized carbons (Fsp3) is 0.278. The van der Waals surface area contributed by atoms with Crippen molar-refractivity contribution in [3.63, 3.8) is 0 Å². The lowest BCUT2D eigenvalue weighted by Gasteiger charge is -2.17. The minimum absolute atomic E-state index is 0.124. The van der Waals surface area contributed by atoms with Crippen molar-refractivity contribution in [2.24, 2.45) is 0 Å². The van der Waals surface area contributed by atoms with E-state index in [1.165, 1.54) is 0 Å². The molecule has 3 nitrogen and oxygen atoms in total. The third-order valence-electron chi connectivity index (χ3n) is 3.36. The summed E-state index contributed by atoms with van der Waals surface area (Å²) in [5, 5.41) is 4.19. The van der Waals surface area contributed by atoms with Gasteiger partial charge in [0.2, 0.25) is 0 Å². The average Bonchev–Trinajstić information content (AvgIpc) is 2.54. The van der Waals surface area contributed by atoms with E-state index in [-0.39, 0.29) is 5.91 Å². The number of halogens is 2. The molecule has 1 atom stereocenters. The molecule has 0 unspecified atom stereocenters. The summed E-state index contributed by atoms with van der Waals surface area (Å²) < 4.78 is 5.71. The molecule has 1 N–H and O–H groups in total. The predicted molar refractivity (Wildman–Crippen MR) is 94.3 cm³/mol. The standard InChI is InChI=1S/C18H19Cl2NO2/c1-2-17(23-16-5-3-4-15(20)12-16)18(22)21-11-10-13-6-8-14(19)9-7-13/h3-9,12,17H,2,10-11H2,1H3,(H,21,22)/t17-/m0/s1. The van der Waals surface area contributed by atoms with Gasteiger partial charge in [0.15, 0.2) is 6.10 Å². The molecule has 5 heteroatoms. The molecule has 1 amide bonds. The molecule has 2 aromatic carbocycles. The van der Waals surface area contributed by atoms with E-state index in [1.54, 1.807) is 24.3 Å². The fourth-order valence-corrected chi connectivity index (χ4v) is 2.43. The molecular weight excluding hydrogens is 333 g/mol. The van der Waals surface area contributed by atoms with Gasteiger partial charge in [0.05, 0.1) is 0 Å². The normalized spacial score (nSPS) is 11.8. The zero-order valence-electron chi connectivity index (χ0n) is 12.9. The molecule has 0 aliphatic rings. The van der Waals surface area contributed by atoms with Gasteiger partial charge in [-0.25, -0.2) is 0 Å². The molecule has 0 heterocycles. The summed E-state index contributed by atoms with van der Waals surface area (Å²) in [6.45, 7) is 2.46. The number of amides is 1. The topological polar surface area (TPSA) is 38.3 Å². The molecule has 0 aliphatic carbocycles. The first kappa shape index (κ1) is 17.6. The largest absolute Gasteiger partial charge is 0.481 e. The van der Waals surface area contributed by atoms with Crippen LogP contribution in [0.25, 0.3) is 0 Å². The Morgan fingerprint density at radius 2 is 1.87 bits per heavy atom. The summed E-state index contributed by atoms with van der Waals surface area (Å²) in [7, 11) is 0. The van der Waals surface area contributed by atoms with Gasteiger partial charge in [0, 0.05) is 16.6 Å². The maximum absolute atomic E-state index is 12.2. The lowest BCUT2D eigenvalue weighted by Crippen LogP contribution is -2.38. The van der Waals surface area contributed by atoms with Crippen LogP contribution < -0.4 is 10.1 Å². The summed E-state index contributed by atoms with van der Waals surface area (Å²) >= 11 is 11.8. The van der Waals surface area contributed by atoms with Crippen LogP contribution in [0.4, 0.5) is 0 Å². The van der Waals surface area contributed by atoms with E-state index in [9.17, 15) is 4.79 Å². The van der Waals surface area contributed by atoms with Crippen LogP contribution in [0.2, 0.25) is 10.0 Å². The molecule has 0 bridgehead atoms. The van der Waals surface area contributed by atoms with Gasteiger partial charge in [-0.3, -0.25) is 4.79 Å². The van der Waals surface area contributed by atoms with E-state index in [0.717, 1.165) is 12.0 Å². The van der Waals surface area contributed by atoms with Crippen LogP contribution >= 0.6 is 23.2 Å². The number of nitrogens with one attached hydrogen (secondary N) is 1. The highest BCUT2D eigenvalue weighted by Gasteiger charge is 2.17. The number of hydrogen-bond acceptors (Lipinski definition) is 2. The van der Waals surface area contributed by atoms with Crippen LogP contribution in [0.5, 0.6) is 5.75 Å². The van der Waals surface area contributed by atoms with E-state index in [0.29, 0.717) is 28.8 Å². The zero-order valence-corrected chi connectivity index (χ0v) is 14.4. The first-order chi connectivity index (χ1) is 11.1. The second kappa shape index (κ2) is 8.80. The lowest BCUT2D eigenvalue weighted by molar-refractivity contribution is -0.128. The Hall–Kier alpha value is -1.71. The van der Waals surface area contributed by atoms with E-state index in [2.05, 4.69) is 5.32 Å². The van der Waals surface area contributed by atoms with Crippen molar-refractivity contribution in [3.8, 4) is 5.75 Å². The van der Waals surface area contributed by atoms with Crippen molar-refractivity contribution < 1.29 is 9.53 Å². The summed E-state index contributed by atoms with van der Waals surface area (Å²) in [6, 6.07) is 14.6. The van der Waals surface area contributed by atoms with E-state index >= 15 is 0 Å². The fourth-order valence-electron chi connectivity index (χ4n) is 2.12. The minimum Gasteiger partial charge on any atom is -0.481 e. The quantitative estimate of drug-likeness (QED) is 0.796. The molecule has 0 saturated heterocycles. The molecule has 0 aromatic heterocycles. The van der Waals surface area contributed by atoms with E-state index in [4.69, 9.17) is 27.9 Å². The van der Waals surface area contributed by atoms with Crippen molar-refractivity contribution in [3.05, 3.63) is 64.1 Å². The highest BCUT2D eigenvalue weighted by Crippen LogP contribution is 2.19. The number of carbonyl (C=O) groups is 1. The third-order valence-corrected chi connectivity index (χ3v) is 3.85. The first-order valence-electron chi connectivity index (χ1n) is 7.53. The first-order valence-corrected chi connectivity index (χ1v) is 8.28. The average molecular weight is 352 g/mol. The second-order valence-electron chi connectivity index (χ2n) is 5.14. The molecule has 122 valence electrons. The Balaban J connectivity index is 1.83. The van der Waals surface area contributed by atoms with Crippen molar-refractivity contribution in [2.75, 3.05) is 6.54 Å². The molecule has 0 radical (unpaired) electrons. The SMILES string of the molecule is CC[C@H](Oc1cccc(Cl)c1)C(=O)NCCc1ccc(Cl)cc1. The van der Waals surface area contributed by atoms with Crippen LogP contribution in [-0.4, -0.2) is 18.6 Å². The monoisotopic (exact) mass is 351 g/mol. The van der Waals surface area contributed by atoms with Crippen molar-refractivity contribution in [1.82, 2.24) is 5.32 Å². The predicted octanol–water partition coefficient (Wildman–Crippen LogP) is 4.51. The van der Waals surface area contributed by atoms with E-state index < -0.39 is 6.10 Å². The van der Waals surface area contributed by atoms with Gasteiger partial charge in [0.1, 0.15) is 5.75 Å². The number of ether oxygens (including phenoxy) is 1. The van der Waals surface area contributed by atoms with Crippen LogP contribution in [0.15, 0.2) is 48.5 Å². The van der Waals surface area contributed by atoms with Gasteiger partial charge in [-0.2, -0.15) is 0 Å². The van der Waals surface area contributed by atoms with Crippen LogP contribution in [0.1, 0.15) is 18.9 Å². The van der Waals surface area contributed by atoms with Crippen molar-refractivity contribution in [2.45, 2.75) is 25.9 Å². The Labute approximate surface area is 146 Å². The van der Waals surface area contributed by atoms with Gasteiger partial charge in [-0.05, 0) is 48.7 Å².